The Balaban J connectivity index is 1.83. The molecule has 1 aliphatic rings. The molecular formula is C17H18F3N5O3. The molecule has 0 radical (unpaired) electrons. The first-order chi connectivity index (χ1) is 13.1. The molecule has 2 aromatic rings. The maximum Gasteiger partial charge on any atom is 0.394 e. The average Bonchev–Trinajstić information content (AvgIpc) is 3.19. The Bertz CT molecular complexity index is 912. The minimum Gasteiger partial charge on any atom is -0.481 e. The van der Waals surface area contributed by atoms with E-state index in [2.05, 4.69) is 15.4 Å². The van der Waals surface area contributed by atoms with Crippen molar-refractivity contribution in [3.63, 3.8) is 0 Å². The molecule has 0 aliphatic carbocycles. The molecular weight excluding hydrogens is 379 g/mol. The number of anilines is 1. The number of hydrogen-bond acceptors (Lipinski definition) is 4. The number of benzene rings is 1. The lowest BCUT2D eigenvalue weighted by atomic mass is 9.96. The molecule has 0 saturated carbocycles. The van der Waals surface area contributed by atoms with Crippen LogP contribution in [0.25, 0.3) is 5.69 Å². The number of likely N-dealkylation sites (tertiary alicyclic amines) is 1. The van der Waals surface area contributed by atoms with E-state index in [0.29, 0.717) is 23.0 Å². The second-order valence-electron chi connectivity index (χ2n) is 6.56. The van der Waals surface area contributed by atoms with Crippen LogP contribution in [0.2, 0.25) is 0 Å². The molecule has 0 bridgehead atoms. The molecule has 1 aromatic heterocycles. The summed E-state index contributed by atoms with van der Waals surface area (Å²) in [5, 5.41) is 15.9. The topological polar surface area (TPSA) is 100 Å². The van der Waals surface area contributed by atoms with Gasteiger partial charge in [-0.15, -0.1) is 0 Å². The highest BCUT2D eigenvalue weighted by Gasteiger charge is 2.53. The standard InChI is InChI=1S/C17H18F3N5O3/c1-9-21-10(2)25(23-9)14-6-4-3-5-13(14)22-16(28)24-7-11(15(26)27)12(8-24)17(18,19)20/h3-6,11-12H,7-8H2,1-2H3,(H,22,28)(H,26,27)/t11-,12-/m1/s1. The summed E-state index contributed by atoms with van der Waals surface area (Å²) in [5.74, 6) is -4.28. The van der Waals surface area contributed by atoms with Gasteiger partial charge in [0.25, 0.3) is 0 Å². The van der Waals surface area contributed by atoms with Crippen molar-refractivity contribution in [2.45, 2.75) is 20.0 Å². The summed E-state index contributed by atoms with van der Waals surface area (Å²) in [7, 11) is 0. The fourth-order valence-corrected chi connectivity index (χ4v) is 3.26. The van der Waals surface area contributed by atoms with Crippen molar-refractivity contribution >= 4 is 17.7 Å². The number of halogens is 3. The van der Waals surface area contributed by atoms with Crippen LogP contribution in [0.15, 0.2) is 24.3 Å². The Hall–Kier alpha value is -3.11. The van der Waals surface area contributed by atoms with Gasteiger partial charge in [-0.2, -0.15) is 18.3 Å². The number of rotatable bonds is 3. The Morgan fingerprint density at radius 2 is 1.89 bits per heavy atom. The lowest BCUT2D eigenvalue weighted by Gasteiger charge is -2.19. The molecule has 28 heavy (non-hydrogen) atoms. The summed E-state index contributed by atoms with van der Waals surface area (Å²) < 4.78 is 40.9. The molecule has 1 aliphatic heterocycles. The number of hydrogen-bond donors (Lipinski definition) is 2. The molecule has 3 rings (SSSR count). The van der Waals surface area contributed by atoms with Crippen molar-refractivity contribution in [3.8, 4) is 5.69 Å². The minimum atomic E-state index is -4.70. The van der Waals surface area contributed by atoms with Crippen LogP contribution in [0.3, 0.4) is 0 Å². The van der Waals surface area contributed by atoms with Crippen molar-refractivity contribution in [1.29, 1.82) is 0 Å². The van der Waals surface area contributed by atoms with Gasteiger partial charge in [-0.1, -0.05) is 12.1 Å². The van der Waals surface area contributed by atoms with Gasteiger partial charge in [-0.05, 0) is 26.0 Å². The number of nitrogens with zero attached hydrogens (tertiary/aromatic N) is 4. The van der Waals surface area contributed by atoms with Crippen LogP contribution in [0.5, 0.6) is 0 Å². The van der Waals surface area contributed by atoms with Gasteiger partial charge in [0.1, 0.15) is 11.6 Å². The highest BCUT2D eigenvalue weighted by molar-refractivity contribution is 5.92. The fraction of sp³-hybridized carbons (Fsp3) is 0.412. The first kappa shape index (κ1) is 19.6. The zero-order chi connectivity index (χ0) is 20.6. The molecule has 2 N–H and O–H groups in total. The number of carbonyl (C=O) groups excluding carboxylic acids is 1. The van der Waals surface area contributed by atoms with Gasteiger partial charge in [-0.3, -0.25) is 4.79 Å². The molecule has 0 spiro atoms. The monoisotopic (exact) mass is 397 g/mol. The zero-order valence-corrected chi connectivity index (χ0v) is 15.1. The smallest absolute Gasteiger partial charge is 0.394 e. The first-order valence-corrected chi connectivity index (χ1v) is 8.43. The number of amides is 2. The number of carboxylic acid groups (broad SMARTS) is 1. The van der Waals surface area contributed by atoms with E-state index in [-0.39, 0.29) is 0 Å². The molecule has 1 aromatic carbocycles. The fourth-order valence-electron chi connectivity index (χ4n) is 3.26. The Morgan fingerprint density at radius 3 is 2.43 bits per heavy atom. The van der Waals surface area contributed by atoms with Crippen molar-refractivity contribution in [3.05, 3.63) is 35.9 Å². The molecule has 0 unspecified atom stereocenters. The van der Waals surface area contributed by atoms with E-state index < -0.39 is 43.1 Å². The van der Waals surface area contributed by atoms with Gasteiger partial charge in [0.2, 0.25) is 0 Å². The van der Waals surface area contributed by atoms with E-state index in [1.165, 1.54) is 4.68 Å². The van der Waals surface area contributed by atoms with Crippen molar-refractivity contribution < 1.29 is 27.9 Å². The number of aliphatic carboxylic acids is 1. The van der Waals surface area contributed by atoms with Crippen LogP contribution < -0.4 is 5.32 Å². The summed E-state index contributed by atoms with van der Waals surface area (Å²) in [6.07, 6.45) is -4.70. The van der Waals surface area contributed by atoms with Gasteiger partial charge >= 0.3 is 18.2 Å². The quantitative estimate of drug-likeness (QED) is 0.829. The number of aryl methyl sites for hydroxylation is 2. The largest absolute Gasteiger partial charge is 0.481 e. The van der Waals surface area contributed by atoms with E-state index in [9.17, 15) is 22.8 Å². The van der Waals surface area contributed by atoms with Crippen molar-refractivity contribution in [2.24, 2.45) is 11.8 Å². The van der Waals surface area contributed by atoms with Gasteiger partial charge < -0.3 is 15.3 Å². The maximum atomic E-state index is 13.1. The zero-order valence-electron chi connectivity index (χ0n) is 15.1. The van der Waals surface area contributed by atoms with Gasteiger partial charge in [0.15, 0.2) is 0 Å². The summed E-state index contributed by atoms with van der Waals surface area (Å²) in [4.78, 5) is 28.8. The summed E-state index contributed by atoms with van der Waals surface area (Å²) >= 11 is 0. The molecule has 1 saturated heterocycles. The Labute approximate surface area is 158 Å². The molecule has 11 heteroatoms. The predicted molar refractivity (Wildman–Crippen MR) is 92.1 cm³/mol. The third-order valence-corrected chi connectivity index (χ3v) is 4.59. The molecule has 2 amide bonds. The number of carbonyl (C=O) groups is 2. The van der Waals surface area contributed by atoms with E-state index in [1.807, 2.05) is 0 Å². The second kappa shape index (κ2) is 7.13. The number of urea groups is 1. The number of aromatic nitrogens is 3. The maximum absolute atomic E-state index is 13.1. The Morgan fingerprint density at radius 1 is 1.21 bits per heavy atom. The molecule has 8 nitrogen and oxygen atoms in total. The van der Waals surface area contributed by atoms with Gasteiger partial charge in [0.05, 0.1) is 23.2 Å². The van der Waals surface area contributed by atoms with E-state index >= 15 is 0 Å². The summed E-state index contributed by atoms with van der Waals surface area (Å²) in [6, 6.07) is 5.83. The summed E-state index contributed by atoms with van der Waals surface area (Å²) in [5.41, 5.74) is 0.818. The lowest BCUT2D eigenvalue weighted by Crippen LogP contribution is -2.35. The SMILES string of the molecule is Cc1nc(C)n(-c2ccccc2NC(=O)N2C[C@@H](C(F)(F)F)[C@H](C(=O)O)C2)n1. The molecule has 150 valence electrons. The van der Waals surface area contributed by atoms with Crippen molar-refractivity contribution in [1.82, 2.24) is 19.7 Å². The van der Waals surface area contributed by atoms with Crippen LogP contribution in [0.1, 0.15) is 11.6 Å². The van der Waals surface area contributed by atoms with Gasteiger partial charge in [-0.25, -0.2) is 14.5 Å². The summed E-state index contributed by atoms with van der Waals surface area (Å²) in [6.45, 7) is 2.20. The molecule has 1 fully saturated rings. The Kier molecular flexibility index (Phi) is 5.01. The van der Waals surface area contributed by atoms with Crippen LogP contribution in [0.4, 0.5) is 23.7 Å². The number of alkyl halides is 3. The number of carboxylic acids is 1. The number of nitrogens with one attached hydrogen (secondary N) is 1. The highest BCUT2D eigenvalue weighted by atomic mass is 19.4. The highest BCUT2D eigenvalue weighted by Crippen LogP contribution is 2.38. The predicted octanol–water partition coefficient (Wildman–Crippen LogP) is 2.61. The van der Waals surface area contributed by atoms with Gasteiger partial charge in [0, 0.05) is 13.1 Å². The minimum absolute atomic E-state index is 0.322. The van der Waals surface area contributed by atoms with Crippen LogP contribution in [0, 0.1) is 25.7 Å². The van der Waals surface area contributed by atoms with Crippen LogP contribution in [-0.4, -0.2) is 56.0 Å². The lowest BCUT2D eigenvalue weighted by molar-refractivity contribution is -0.187. The van der Waals surface area contributed by atoms with E-state index in [1.54, 1.807) is 38.1 Å². The number of para-hydroxylation sites is 2. The third kappa shape index (κ3) is 3.78. The molecule has 2 atom stereocenters. The average molecular weight is 397 g/mol. The van der Waals surface area contributed by atoms with Crippen LogP contribution >= 0.6 is 0 Å². The third-order valence-electron chi connectivity index (χ3n) is 4.59. The first-order valence-electron chi connectivity index (χ1n) is 8.43. The molecule has 2 heterocycles. The second-order valence-corrected chi connectivity index (χ2v) is 6.56. The van der Waals surface area contributed by atoms with Crippen molar-refractivity contribution in [2.75, 3.05) is 18.4 Å². The van der Waals surface area contributed by atoms with E-state index in [0.717, 1.165) is 4.90 Å². The normalized spacial score (nSPS) is 19.7. The van der Waals surface area contributed by atoms with Crippen LogP contribution in [-0.2, 0) is 4.79 Å². The van der Waals surface area contributed by atoms with E-state index in [4.69, 9.17) is 5.11 Å².